The van der Waals surface area contributed by atoms with Crippen molar-refractivity contribution in [3.05, 3.63) is 71.3 Å². The van der Waals surface area contributed by atoms with Crippen LogP contribution in [-0.2, 0) is 11.4 Å². The highest BCUT2D eigenvalue weighted by atomic mass is 16.6. The molecule has 0 spiro atoms. The molecule has 2 rings (SSSR count). The van der Waals surface area contributed by atoms with E-state index < -0.39 is 0 Å². The van der Waals surface area contributed by atoms with Crippen LogP contribution < -0.4 is 0 Å². The number of hydrogen-bond donors (Lipinski definition) is 0. The van der Waals surface area contributed by atoms with Crippen molar-refractivity contribution in [2.75, 3.05) is 0 Å². The van der Waals surface area contributed by atoms with Gasteiger partial charge in [-0.15, -0.1) is 0 Å². The van der Waals surface area contributed by atoms with Gasteiger partial charge in [0.2, 0.25) is 0 Å². The van der Waals surface area contributed by atoms with Crippen LogP contribution in [0.1, 0.15) is 28.4 Å². The van der Waals surface area contributed by atoms with Crippen molar-refractivity contribution in [2.45, 2.75) is 13.5 Å². The van der Waals surface area contributed by atoms with Crippen LogP contribution in [0.15, 0.2) is 59.8 Å². The molecule has 19 heavy (non-hydrogen) atoms. The molecule has 0 radical (unpaired) electrons. The molecule has 3 nitrogen and oxygen atoms in total. The van der Waals surface area contributed by atoms with Crippen LogP contribution in [0, 0.1) is 0 Å². The van der Waals surface area contributed by atoms with Gasteiger partial charge in [0.15, 0.2) is 0 Å². The maximum absolute atomic E-state index is 10.6. The Balaban J connectivity index is 1.96. The zero-order valence-corrected chi connectivity index (χ0v) is 10.7. The molecule has 0 aliphatic carbocycles. The first-order chi connectivity index (χ1) is 9.29. The third-order valence-electron chi connectivity index (χ3n) is 2.74. The van der Waals surface area contributed by atoms with E-state index in [1.165, 1.54) is 0 Å². The summed E-state index contributed by atoms with van der Waals surface area (Å²) < 4.78 is 0. The number of aldehydes is 1. The molecule has 2 aromatic carbocycles. The largest absolute Gasteiger partial charge is 0.391 e. The second kappa shape index (κ2) is 6.50. The highest BCUT2D eigenvalue weighted by molar-refractivity contribution is 5.98. The van der Waals surface area contributed by atoms with E-state index in [9.17, 15) is 4.79 Å². The standard InChI is InChI=1S/C16H15NO2/c1-13(16-9-7-14(11-18)8-10-16)17-19-12-15-5-3-2-4-6-15/h2-11H,12H2,1H3/b17-13+. The average molecular weight is 253 g/mol. The minimum absolute atomic E-state index is 0.449. The number of carbonyl (C=O) groups is 1. The van der Waals surface area contributed by atoms with Gasteiger partial charge in [-0.05, 0) is 18.1 Å². The summed E-state index contributed by atoms with van der Waals surface area (Å²) >= 11 is 0. The molecule has 0 aliphatic rings. The fraction of sp³-hybridized carbons (Fsp3) is 0.125. The number of carbonyl (C=O) groups excluding carboxylic acids is 1. The van der Waals surface area contributed by atoms with E-state index in [-0.39, 0.29) is 0 Å². The van der Waals surface area contributed by atoms with Crippen LogP contribution in [0.3, 0.4) is 0 Å². The highest BCUT2D eigenvalue weighted by Gasteiger charge is 1.98. The Bertz CT molecular complexity index is 559. The van der Waals surface area contributed by atoms with Gasteiger partial charge in [0.25, 0.3) is 0 Å². The SMILES string of the molecule is C/C(=N\OCc1ccccc1)c1ccc(C=O)cc1. The Morgan fingerprint density at radius 1 is 1.11 bits per heavy atom. The minimum atomic E-state index is 0.449. The van der Waals surface area contributed by atoms with Crippen LogP contribution in [0.2, 0.25) is 0 Å². The van der Waals surface area contributed by atoms with Gasteiger partial charge in [-0.25, -0.2) is 0 Å². The van der Waals surface area contributed by atoms with Gasteiger partial charge in [-0.2, -0.15) is 0 Å². The summed E-state index contributed by atoms with van der Waals surface area (Å²) in [6, 6.07) is 17.1. The van der Waals surface area contributed by atoms with Crippen molar-refractivity contribution >= 4 is 12.0 Å². The molecule has 0 N–H and O–H groups in total. The van der Waals surface area contributed by atoms with Gasteiger partial charge in [-0.3, -0.25) is 4.79 Å². The van der Waals surface area contributed by atoms with Crippen LogP contribution in [0.5, 0.6) is 0 Å². The van der Waals surface area contributed by atoms with Crippen LogP contribution in [0.4, 0.5) is 0 Å². The lowest BCUT2D eigenvalue weighted by Crippen LogP contribution is -1.97. The highest BCUT2D eigenvalue weighted by Crippen LogP contribution is 2.06. The fourth-order valence-electron chi connectivity index (χ4n) is 1.63. The van der Waals surface area contributed by atoms with Crippen molar-refractivity contribution < 1.29 is 9.63 Å². The third-order valence-corrected chi connectivity index (χ3v) is 2.74. The summed E-state index contributed by atoms with van der Waals surface area (Å²) in [6.07, 6.45) is 0.822. The average Bonchev–Trinajstić information content (AvgIpc) is 2.48. The van der Waals surface area contributed by atoms with Gasteiger partial charge < -0.3 is 4.84 Å². The molecule has 0 fully saturated rings. The Kier molecular flexibility index (Phi) is 4.45. The molecule has 0 bridgehead atoms. The lowest BCUT2D eigenvalue weighted by atomic mass is 10.1. The Hall–Kier alpha value is -2.42. The molecule has 2 aromatic rings. The molecule has 0 saturated heterocycles. The Labute approximate surface area is 112 Å². The number of hydrogen-bond acceptors (Lipinski definition) is 3. The maximum atomic E-state index is 10.6. The molecular formula is C16H15NO2. The van der Waals surface area contributed by atoms with E-state index in [4.69, 9.17) is 4.84 Å². The fourth-order valence-corrected chi connectivity index (χ4v) is 1.63. The number of rotatable bonds is 5. The monoisotopic (exact) mass is 253 g/mol. The van der Waals surface area contributed by atoms with E-state index in [0.717, 1.165) is 23.1 Å². The zero-order valence-electron chi connectivity index (χ0n) is 10.7. The van der Waals surface area contributed by atoms with Crippen molar-refractivity contribution in [1.29, 1.82) is 0 Å². The predicted octanol–water partition coefficient (Wildman–Crippen LogP) is 3.44. The second-order valence-corrected chi connectivity index (χ2v) is 4.18. The molecule has 0 aliphatic heterocycles. The first-order valence-electron chi connectivity index (χ1n) is 6.05. The molecule has 96 valence electrons. The molecule has 3 heteroatoms. The van der Waals surface area contributed by atoms with E-state index >= 15 is 0 Å². The topological polar surface area (TPSA) is 38.7 Å². The van der Waals surface area contributed by atoms with Crippen LogP contribution >= 0.6 is 0 Å². The minimum Gasteiger partial charge on any atom is -0.391 e. The van der Waals surface area contributed by atoms with Gasteiger partial charge >= 0.3 is 0 Å². The summed E-state index contributed by atoms with van der Waals surface area (Å²) in [7, 11) is 0. The van der Waals surface area contributed by atoms with E-state index in [0.29, 0.717) is 12.2 Å². The first kappa shape index (κ1) is 13.0. The quantitative estimate of drug-likeness (QED) is 0.465. The van der Waals surface area contributed by atoms with Crippen molar-refractivity contribution in [3.8, 4) is 0 Å². The van der Waals surface area contributed by atoms with Gasteiger partial charge in [0.05, 0.1) is 5.71 Å². The molecule has 0 amide bonds. The normalized spacial score (nSPS) is 11.1. The molecule has 0 atom stereocenters. The van der Waals surface area contributed by atoms with Crippen LogP contribution in [0.25, 0.3) is 0 Å². The van der Waals surface area contributed by atoms with Gasteiger partial charge in [0.1, 0.15) is 12.9 Å². The molecule has 0 unspecified atom stereocenters. The smallest absolute Gasteiger partial charge is 0.150 e. The summed E-state index contributed by atoms with van der Waals surface area (Å²) in [5.41, 5.74) is 3.46. The lowest BCUT2D eigenvalue weighted by Gasteiger charge is -2.03. The first-order valence-corrected chi connectivity index (χ1v) is 6.05. The van der Waals surface area contributed by atoms with Crippen molar-refractivity contribution in [3.63, 3.8) is 0 Å². The number of oxime groups is 1. The molecule has 0 heterocycles. The van der Waals surface area contributed by atoms with E-state index in [1.54, 1.807) is 12.1 Å². The Morgan fingerprint density at radius 3 is 2.42 bits per heavy atom. The summed E-state index contributed by atoms with van der Waals surface area (Å²) in [5, 5.41) is 4.07. The summed E-state index contributed by atoms with van der Waals surface area (Å²) in [4.78, 5) is 15.9. The second-order valence-electron chi connectivity index (χ2n) is 4.18. The number of benzene rings is 2. The van der Waals surface area contributed by atoms with E-state index in [1.807, 2.05) is 49.4 Å². The van der Waals surface area contributed by atoms with Gasteiger partial charge in [-0.1, -0.05) is 59.8 Å². The van der Waals surface area contributed by atoms with Crippen LogP contribution in [-0.4, -0.2) is 12.0 Å². The van der Waals surface area contributed by atoms with Crippen molar-refractivity contribution in [1.82, 2.24) is 0 Å². The maximum Gasteiger partial charge on any atom is 0.150 e. The molecule has 0 aromatic heterocycles. The Morgan fingerprint density at radius 2 is 1.79 bits per heavy atom. The predicted molar refractivity (Wildman–Crippen MR) is 75.3 cm³/mol. The molecular weight excluding hydrogens is 238 g/mol. The van der Waals surface area contributed by atoms with Crippen molar-refractivity contribution in [2.24, 2.45) is 5.16 Å². The summed E-state index contributed by atoms with van der Waals surface area (Å²) in [6.45, 7) is 2.32. The molecule has 0 saturated carbocycles. The lowest BCUT2D eigenvalue weighted by molar-refractivity contribution is 0.112. The number of nitrogens with zero attached hydrogens (tertiary/aromatic N) is 1. The third kappa shape index (κ3) is 3.78. The summed E-state index contributed by atoms with van der Waals surface area (Å²) in [5.74, 6) is 0. The zero-order chi connectivity index (χ0) is 13.5. The van der Waals surface area contributed by atoms with Gasteiger partial charge in [0, 0.05) is 5.56 Å². The van der Waals surface area contributed by atoms with E-state index in [2.05, 4.69) is 5.16 Å².